The van der Waals surface area contributed by atoms with Crippen LogP contribution in [-0.2, 0) is 11.2 Å². The molecule has 1 aromatic carbocycles. The molecule has 0 aliphatic heterocycles. The quantitative estimate of drug-likeness (QED) is 0.727. The van der Waals surface area contributed by atoms with Crippen molar-refractivity contribution in [1.29, 1.82) is 0 Å². The molecular formula is C12H17NO2. The SMILES string of the molecule is Cc1cc(C)c(C[C@H]([NH3+])C(=O)[O-])c(C)c1. The predicted octanol–water partition coefficient (Wildman–Crippen LogP) is -0.485. The van der Waals surface area contributed by atoms with E-state index in [2.05, 4.69) is 17.9 Å². The second-order valence-electron chi connectivity index (χ2n) is 4.10. The second kappa shape index (κ2) is 4.45. The molecule has 3 N–H and O–H groups in total. The van der Waals surface area contributed by atoms with E-state index in [1.165, 1.54) is 5.56 Å². The summed E-state index contributed by atoms with van der Waals surface area (Å²) in [6, 6.07) is 3.44. The lowest BCUT2D eigenvalue weighted by Gasteiger charge is -2.14. The first kappa shape index (κ1) is 11.7. The van der Waals surface area contributed by atoms with Gasteiger partial charge >= 0.3 is 0 Å². The third kappa shape index (κ3) is 2.80. The van der Waals surface area contributed by atoms with E-state index >= 15 is 0 Å². The van der Waals surface area contributed by atoms with E-state index in [1.807, 2.05) is 20.8 Å². The Morgan fingerprint density at radius 2 is 1.80 bits per heavy atom. The van der Waals surface area contributed by atoms with E-state index in [1.54, 1.807) is 0 Å². The average Bonchev–Trinajstić information content (AvgIpc) is 2.10. The molecule has 15 heavy (non-hydrogen) atoms. The molecule has 0 aromatic heterocycles. The van der Waals surface area contributed by atoms with Gasteiger partial charge in [-0.2, -0.15) is 0 Å². The first-order valence-electron chi connectivity index (χ1n) is 5.02. The molecule has 1 rings (SSSR count). The van der Waals surface area contributed by atoms with E-state index in [0.29, 0.717) is 6.42 Å². The fraction of sp³-hybridized carbons (Fsp3) is 0.417. The minimum absolute atomic E-state index is 0.445. The van der Waals surface area contributed by atoms with Gasteiger partial charge in [-0.25, -0.2) is 0 Å². The standard InChI is InChI=1S/C12H17NO2/c1-7-4-8(2)10(9(3)5-7)6-11(13)12(14)15/h4-5,11H,6,13H2,1-3H3,(H,14,15)/t11-/m0/s1. The molecule has 1 atom stereocenters. The van der Waals surface area contributed by atoms with Crippen LogP contribution in [-0.4, -0.2) is 12.0 Å². The van der Waals surface area contributed by atoms with Gasteiger partial charge < -0.3 is 15.6 Å². The molecule has 0 bridgehead atoms. The van der Waals surface area contributed by atoms with Crippen LogP contribution in [0.3, 0.4) is 0 Å². The minimum Gasteiger partial charge on any atom is -0.544 e. The Bertz CT molecular complexity index is 362. The molecule has 0 amide bonds. The van der Waals surface area contributed by atoms with E-state index in [0.717, 1.165) is 16.7 Å². The van der Waals surface area contributed by atoms with Gasteiger partial charge in [-0.3, -0.25) is 0 Å². The molecule has 0 radical (unpaired) electrons. The highest BCUT2D eigenvalue weighted by Crippen LogP contribution is 2.17. The number of carboxylic acids is 1. The van der Waals surface area contributed by atoms with Crippen LogP contribution in [0.15, 0.2) is 12.1 Å². The topological polar surface area (TPSA) is 67.8 Å². The molecule has 3 heteroatoms. The molecule has 0 saturated carbocycles. The fourth-order valence-corrected chi connectivity index (χ4v) is 1.86. The van der Waals surface area contributed by atoms with Crippen molar-refractivity contribution in [2.24, 2.45) is 0 Å². The number of carbonyl (C=O) groups excluding carboxylic acids is 1. The largest absolute Gasteiger partial charge is 0.544 e. The maximum atomic E-state index is 10.6. The van der Waals surface area contributed by atoms with Gasteiger partial charge in [0.05, 0.1) is 5.97 Å². The Morgan fingerprint density at radius 3 is 2.20 bits per heavy atom. The number of aryl methyl sites for hydroxylation is 3. The Morgan fingerprint density at radius 1 is 1.33 bits per heavy atom. The van der Waals surface area contributed by atoms with Gasteiger partial charge in [0.2, 0.25) is 0 Å². The maximum Gasteiger partial charge on any atom is 0.129 e. The second-order valence-corrected chi connectivity index (χ2v) is 4.10. The average molecular weight is 207 g/mol. The van der Waals surface area contributed by atoms with Crippen molar-refractivity contribution >= 4 is 5.97 Å². The van der Waals surface area contributed by atoms with Crippen LogP contribution in [0.2, 0.25) is 0 Å². The zero-order chi connectivity index (χ0) is 11.6. The fourth-order valence-electron chi connectivity index (χ4n) is 1.86. The first-order chi connectivity index (χ1) is 6.91. The normalized spacial score (nSPS) is 12.5. The number of quaternary nitrogens is 1. The molecular weight excluding hydrogens is 190 g/mol. The number of aliphatic carboxylic acids is 1. The summed E-state index contributed by atoms with van der Waals surface area (Å²) in [6.07, 6.45) is 0.445. The molecule has 0 aliphatic rings. The zero-order valence-corrected chi connectivity index (χ0v) is 9.46. The Hall–Kier alpha value is -1.35. The molecule has 0 fully saturated rings. The van der Waals surface area contributed by atoms with E-state index in [-0.39, 0.29) is 0 Å². The molecule has 0 saturated heterocycles. The summed E-state index contributed by atoms with van der Waals surface area (Å²) in [5, 5.41) is 10.6. The van der Waals surface area contributed by atoms with Crippen molar-refractivity contribution in [3.05, 3.63) is 34.4 Å². The van der Waals surface area contributed by atoms with Gasteiger partial charge in [0.15, 0.2) is 0 Å². The smallest absolute Gasteiger partial charge is 0.129 e. The van der Waals surface area contributed by atoms with Crippen molar-refractivity contribution in [3.8, 4) is 0 Å². The van der Waals surface area contributed by atoms with Crippen molar-refractivity contribution in [2.75, 3.05) is 0 Å². The number of benzene rings is 1. The number of carbonyl (C=O) groups is 1. The van der Waals surface area contributed by atoms with Crippen LogP contribution < -0.4 is 10.8 Å². The van der Waals surface area contributed by atoms with E-state index in [9.17, 15) is 9.90 Å². The highest BCUT2D eigenvalue weighted by molar-refractivity contribution is 5.69. The summed E-state index contributed by atoms with van der Waals surface area (Å²) in [5.41, 5.74) is 8.10. The summed E-state index contributed by atoms with van der Waals surface area (Å²) in [4.78, 5) is 10.6. The third-order valence-corrected chi connectivity index (χ3v) is 2.62. The molecule has 0 unspecified atom stereocenters. The molecule has 0 heterocycles. The summed E-state index contributed by atoms with van der Waals surface area (Å²) < 4.78 is 0. The summed E-state index contributed by atoms with van der Waals surface area (Å²) >= 11 is 0. The van der Waals surface area contributed by atoms with Gasteiger partial charge in [-0.15, -0.1) is 0 Å². The van der Waals surface area contributed by atoms with Crippen LogP contribution in [0.1, 0.15) is 22.3 Å². The van der Waals surface area contributed by atoms with Crippen molar-refractivity contribution in [3.63, 3.8) is 0 Å². The van der Waals surface area contributed by atoms with Crippen LogP contribution in [0.5, 0.6) is 0 Å². The highest BCUT2D eigenvalue weighted by atomic mass is 16.4. The van der Waals surface area contributed by atoms with Crippen molar-refractivity contribution in [2.45, 2.75) is 33.2 Å². The van der Waals surface area contributed by atoms with Crippen LogP contribution >= 0.6 is 0 Å². The Balaban J connectivity index is 3.00. The number of hydrogen-bond donors (Lipinski definition) is 1. The van der Waals surface area contributed by atoms with Gasteiger partial charge in [-0.05, 0) is 37.5 Å². The molecule has 1 aromatic rings. The number of hydrogen-bond acceptors (Lipinski definition) is 2. The minimum atomic E-state index is -1.09. The first-order valence-corrected chi connectivity index (χ1v) is 5.02. The van der Waals surface area contributed by atoms with Crippen molar-refractivity contribution in [1.82, 2.24) is 0 Å². The predicted molar refractivity (Wildman–Crippen MR) is 56.0 cm³/mol. The van der Waals surface area contributed by atoms with Crippen molar-refractivity contribution < 1.29 is 15.6 Å². The number of carboxylic acid groups (broad SMARTS) is 1. The number of rotatable bonds is 3. The van der Waals surface area contributed by atoms with E-state index in [4.69, 9.17) is 0 Å². The summed E-state index contributed by atoms with van der Waals surface area (Å²) in [6.45, 7) is 6.03. The van der Waals surface area contributed by atoms with Crippen LogP contribution in [0.4, 0.5) is 0 Å². The van der Waals surface area contributed by atoms with Crippen LogP contribution in [0, 0.1) is 20.8 Å². The highest BCUT2D eigenvalue weighted by Gasteiger charge is 2.12. The summed E-state index contributed by atoms with van der Waals surface area (Å²) in [7, 11) is 0. The van der Waals surface area contributed by atoms with Gasteiger partial charge in [0.1, 0.15) is 6.04 Å². The monoisotopic (exact) mass is 207 g/mol. The van der Waals surface area contributed by atoms with E-state index < -0.39 is 12.0 Å². The molecule has 0 aliphatic carbocycles. The van der Waals surface area contributed by atoms with Gasteiger partial charge in [0, 0.05) is 6.42 Å². The lowest BCUT2D eigenvalue weighted by Crippen LogP contribution is -2.69. The Kier molecular flexibility index (Phi) is 3.48. The van der Waals surface area contributed by atoms with Gasteiger partial charge in [-0.1, -0.05) is 17.7 Å². The zero-order valence-electron chi connectivity index (χ0n) is 9.46. The molecule has 3 nitrogen and oxygen atoms in total. The molecule has 82 valence electrons. The maximum absolute atomic E-state index is 10.6. The van der Waals surface area contributed by atoms with Crippen LogP contribution in [0.25, 0.3) is 0 Å². The third-order valence-electron chi connectivity index (χ3n) is 2.62. The summed E-state index contributed by atoms with van der Waals surface area (Å²) in [5.74, 6) is -1.09. The van der Waals surface area contributed by atoms with Gasteiger partial charge in [0.25, 0.3) is 0 Å². The molecule has 0 spiro atoms. The lowest BCUT2D eigenvalue weighted by molar-refractivity contribution is -0.437. The lowest BCUT2D eigenvalue weighted by atomic mass is 9.95. The Labute approximate surface area is 89.9 Å².